The van der Waals surface area contributed by atoms with E-state index in [2.05, 4.69) is 5.32 Å². The van der Waals surface area contributed by atoms with Crippen LogP contribution in [-0.4, -0.2) is 5.91 Å². The van der Waals surface area contributed by atoms with Crippen molar-refractivity contribution in [3.05, 3.63) is 57.6 Å². The second-order valence-electron chi connectivity index (χ2n) is 4.12. The highest BCUT2D eigenvalue weighted by Crippen LogP contribution is 2.27. The molecule has 0 aromatic heterocycles. The highest BCUT2D eigenvalue weighted by Gasteiger charge is 2.13. The van der Waals surface area contributed by atoms with Crippen LogP contribution in [0, 0.1) is 6.92 Å². The summed E-state index contributed by atoms with van der Waals surface area (Å²) < 4.78 is 0. The van der Waals surface area contributed by atoms with Gasteiger partial charge in [0, 0.05) is 10.7 Å². The predicted octanol–water partition coefficient (Wildman–Crippen LogP) is 4.14. The van der Waals surface area contributed by atoms with Crippen LogP contribution in [0.5, 0.6) is 0 Å². The third kappa shape index (κ3) is 3.00. The Morgan fingerprint density at radius 1 is 1.21 bits per heavy atom. The maximum absolute atomic E-state index is 12.2. The van der Waals surface area contributed by atoms with Crippen LogP contribution in [-0.2, 0) is 0 Å². The van der Waals surface area contributed by atoms with Crippen molar-refractivity contribution in [2.24, 2.45) is 0 Å². The maximum atomic E-state index is 12.2. The lowest BCUT2D eigenvalue weighted by Gasteiger charge is -2.11. The van der Waals surface area contributed by atoms with E-state index in [-0.39, 0.29) is 5.91 Å². The zero-order valence-electron chi connectivity index (χ0n) is 10.2. The third-order valence-electron chi connectivity index (χ3n) is 2.72. The fourth-order valence-corrected chi connectivity index (χ4v) is 2.16. The highest BCUT2D eigenvalue weighted by atomic mass is 35.5. The van der Waals surface area contributed by atoms with Gasteiger partial charge in [0.05, 0.1) is 16.3 Å². The van der Waals surface area contributed by atoms with Gasteiger partial charge in [-0.25, -0.2) is 0 Å². The Labute approximate surface area is 121 Å². The van der Waals surface area contributed by atoms with Crippen molar-refractivity contribution in [1.29, 1.82) is 0 Å². The number of hydrogen-bond acceptors (Lipinski definition) is 2. The van der Waals surface area contributed by atoms with Gasteiger partial charge in [0.2, 0.25) is 0 Å². The Morgan fingerprint density at radius 2 is 1.95 bits per heavy atom. The first-order chi connectivity index (χ1) is 8.99. The molecule has 0 aliphatic carbocycles. The number of anilines is 2. The fourth-order valence-electron chi connectivity index (χ4n) is 1.71. The molecule has 3 nitrogen and oxygen atoms in total. The number of aryl methyl sites for hydroxylation is 1. The zero-order valence-corrected chi connectivity index (χ0v) is 11.7. The Hall–Kier alpha value is -1.71. The van der Waals surface area contributed by atoms with Crippen molar-refractivity contribution >= 4 is 40.5 Å². The molecule has 3 N–H and O–H groups in total. The van der Waals surface area contributed by atoms with Gasteiger partial charge in [0.25, 0.3) is 5.91 Å². The second kappa shape index (κ2) is 5.51. The molecular weight excluding hydrogens is 283 g/mol. The van der Waals surface area contributed by atoms with Crippen molar-refractivity contribution in [2.45, 2.75) is 6.92 Å². The van der Waals surface area contributed by atoms with Crippen LogP contribution in [0.4, 0.5) is 11.4 Å². The Morgan fingerprint density at radius 3 is 2.58 bits per heavy atom. The van der Waals surface area contributed by atoms with E-state index < -0.39 is 0 Å². The number of nitrogens with two attached hydrogens (primary N) is 1. The lowest BCUT2D eigenvalue weighted by molar-refractivity contribution is 0.102. The number of rotatable bonds is 2. The molecule has 0 fully saturated rings. The molecule has 2 aromatic carbocycles. The number of amides is 1. The minimum atomic E-state index is -0.314. The number of nitrogens with one attached hydrogen (secondary N) is 1. The minimum absolute atomic E-state index is 0.314. The lowest BCUT2D eigenvalue weighted by atomic mass is 10.1. The molecule has 0 spiro atoms. The number of benzene rings is 2. The normalized spacial score (nSPS) is 10.3. The average Bonchev–Trinajstić information content (AvgIpc) is 2.33. The summed E-state index contributed by atoms with van der Waals surface area (Å²) in [7, 11) is 0. The number of carbonyl (C=O) groups is 1. The summed E-state index contributed by atoms with van der Waals surface area (Å²) in [5.41, 5.74) is 7.94. The largest absolute Gasteiger partial charge is 0.398 e. The summed E-state index contributed by atoms with van der Waals surface area (Å²) in [5.74, 6) is -0.314. The molecule has 2 rings (SSSR count). The number of para-hydroxylation sites is 1. The Bertz CT molecular complexity index is 621. The van der Waals surface area contributed by atoms with Crippen molar-refractivity contribution in [1.82, 2.24) is 0 Å². The van der Waals surface area contributed by atoms with E-state index in [1.54, 1.807) is 18.2 Å². The first-order valence-electron chi connectivity index (χ1n) is 5.60. The van der Waals surface area contributed by atoms with Gasteiger partial charge >= 0.3 is 0 Å². The van der Waals surface area contributed by atoms with E-state index in [0.717, 1.165) is 5.56 Å². The molecular formula is C14H12Cl2N2O. The Kier molecular flexibility index (Phi) is 3.98. The summed E-state index contributed by atoms with van der Waals surface area (Å²) in [5, 5.41) is 3.74. The predicted molar refractivity (Wildman–Crippen MR) is 80.0 cm³/mol. The molecule has 0 saturated carbocycles. The summed E-state index contributed by atoms with van der Waals surface area (Å²) in [6.07, 6.45) is 0. The van der Waals surface area contributed by atoms with E-state index in [0.29, 0.717) is 27.0 Å². The van der Waals surface area contributed by atoms with E-state index >= 15 is 0 Å². The molecule has 0 heterocycles. The summed E-state index contributed by atoms with van der Waals surface area (Å²) in [6.45, 7) is 1.87. The molecule has 19 heavy (non-hydrogen) atoms. The van der Waals surface area contributed by atoms with Crippen molar-refractivity contribution in [3.63, 3.8) is 0 Å². The van der Waals surface area contributed by atoms with Gasteiger partial charge < -0.3 is 11.1 Å². The second-order valence-corrected chi connectivity index (χ2v) is 4.96. The molecule has 5 heteroatoms. The molecule has 0 aliphatic rings. The van der Waals surface area contributed by atoms with E-state index in [1.165, 1.54) is 6.07 Å². The quantitative estimate of drug-likeness (QED) is 0.818. The number of hydrogen-bond donors (Lipinski definition) is 2. The summed E-state index contributed by atoms with van der Waals surface area (Å²) in [6, 6.07) is 10.1. The number of nitrogen functional groups attached to an aromatic ring is 1. The third-order valence-corrected chi connectivity index (χ3v) is 3.27. The summed E-state index contributed by atoms with van der Waals surface area (Å²) in [4.78, 5) is 12.2. The van der Waals surface area contributed by atoms with Gasteiger partial charge in [-0.3, -0.25) is 4.79 Å². The van der Waals surface area contributed by atoms with Gasteiger partial charge in [-0.15, -0.1) is 0 Å². The zero-order chi connectivity index (χ0) is 14.0. The van der Waals surface area contributed by atoms with E-state index in [1.807, 2.05) is 19.1 Å². The molecule has 98 valence electrons. The average molecular weight is 295 g/mol. The first kappa shape index (κ1) is 13.7. The molecule has 0 radical (unpaired) electrons. The minimum Gasteiger partial charge on any atom is -0.398 e. The summed E-state index contributed by atoms with van der Waals surface area (Å²) >= 11 is 11.9. The maximum Gasteiger partial charge on any atom is 0.257 e. The monoisotopic (exact) mass is 294 g/mol. The van der Waals surface area contributed by atoms with Crippen molar-refractivity contribution < 1.29 is 4.79 Å². The Balaban J connectivity index is 2.31. The molecule has 0 unspecified atom stereocenters. The molecule has 2 aromatic rings. The van der Waals surface area contributed by atoms with Crippen LogP contribution < -0.4 is 11.1 Å². The van der Waals surface area contributed by atoms with Crippen molar-refractivity contribution in [2.75, 3.05) is 11.1 Å². The van der Waals surface area contributed by atoms with Gasteiger partial charge in [0.15, 0.2) is 0 Å². The molecule has 0 saturated heterocycles. The molecule has 0 atom stereocenters. The van der Waals surface area contributed by atoms with Crippen LogP contribution in [0.1, 0.15) is 15.9 Å². The SMILES string of the molecule is Cc1cccc(Cl)c1NC(=O)c1ccc(Cl)cc1N. The number of carbonyl (C=O) groups excluding carboxylic acids is 1. The first-order valence-corrected chi connectivity index (χ1v) is 6.36. The standard InChI is InChI=1S/C14H12Cl2N2O/c1-8-3-2-4-11(16)13(8)18-14(19)10-6-5-9(15)7-12(10)17/h2-7H,17H2,1H3,(H,18,19). The fraction of sp³-hybridized carbons (Fsp3) is 0.0714. The van der Waals surface area contributed by atoms with E-state index in [9.17, 15) is 4.79 Å². The number of halogens is 2. The molecule has 0 bridgehead atoms. The highest BCUT2D eigenvalue weighted by molar-refractivity contribution is 6.34. The van der Waals surface area contributed by atoms with Crippen LogP contribution in [0.25, 0.3) is 0 Å². The van der Waals surface area contributed by atoms with Crippen molar-refractivity contribution in [3.8, 4) is 0 Å². The lowest BCUT2D eigenvalue weighted by Crippen LogP contribution is -2.15. The van der Waals surface area contributed by atoms with Gasteiger partial charge in [-0.05, 0) is 36.8 Å². The molecule has 0 aliphatic heterocycles. The van der Waals surface area contributed by atoms with Gasteiger partial charge in [0.1, 0.15) is 0 Å². The van der Waals surface area contributed by atoms with Crippen LogP contribution >= 0.6 is 23.2 Å². The van der Waals surface area contributed by atoms with Crippen LogP contribution in [0.2, 0.25) is 10.0 Å². The topological polar surface area (TPSA) is 55.1 Å². The van der Waals surface area contributed by atoms with Gasteiger partial charge in [-0.2, -0.15) is 0 Å². The van der Waals surface area contributed by atoms with Gasteiger partial charge in [-0.1, -0.05) is 35.3 Å². The van der Waals surface area contributed by atoms with Crippen LogP contribution in [0.3, 0.4) is 0 Å². The van der Waals surface area contributed by atoms with Crippen LogP contribution in [0.15, 0.2) is 36.4 Å². The molecule has 1 amide bonds. The smallest absolute Gasteiger partial charge is 0.257 e. The van der Waals surface area contributed by atoms with E-state index in [4.69, 9.17) is 28.9 Å².